The molecule has 3 nitrogen and oxygen atoms in total. The third kappa shape index (κ3) is 3.15. The molecule has 2 N–H and O–H groups in total. The Kier molecular flexibility index (Phi) is 4.16. The minimum absolute atomic E-state index is 0.00991. The highest BCUT2D eigenvalue weighted by Gasteiger charge is 2.08. The lowest BCUT2D eigenvalue weighted by Gasteiger charge is -2.08. The van der Waals surface area contributed by atoms with Gasteiger partial charge in [0.25, 0.3) is 0 Å². The molecule has 0 atom stereocenters. The molecule has 0 bridgehead atoms. The largest absolute Gasteiger partial charge is 0.361 e. The Balaban J connectivity index is 1.65. The fraction of sp³-hybridized carbons (Fsp3) is 0.167. The van der Waals surface area contributed by atoms with Gasteiger partial charge in [0.15, 0.2) is 0 Å². The van der Waals surface area contributed by atoms with Gasteiger partial charge in [-0.25, -0.2) is 0 Å². The fourth-order valence-electron chi connectivity index (χ4n) is 2.57. The van der Waals surface area contributed by atoms with Gasteiger partial charge < -0.3 is 10.3 Å². The van der Waals surface area contributed by atoms with Crippen molar-refractivity contribution in [2.75, 3.05) is 5.32 Å². The molecule has 2 aromatic carbocycles. The maximum Gasteiger partial charge on any atom is 0.224 e. The molecule has 22 heavy (non-hydrogen) atoms. The summed E-state index contributed by atoms with van der Waals surface area (Å²) in [4.78, 5) is 15.4. The molecule has 1 amide bonds. The summed E-state index contributed by atoms with van der Waals surface area (Å²) in [5.74, 6) is 0.00991. The molecule has 1 aromatic heterocycles. The molecule has 0 aliphatic heterocycles. The van der Waals surface area contributed by atoms with Gasteiger partial charge in [-0.1, -0.05) is 29.8 Å². The van der Waals surface area contributed by atoms with Gasteiger partial charge in [-0.3, -0.25) is 4.79 Å². The third-order valence-electron chi connectivity index (χ3n) is 3.76. The monoisotopic (exact) mass is 312 g/mol. The summed E-state index contributed by atoms with van der Waals surface area (Å²) in [6, 6.07) is 13.6. The number of aryl methyl sites for hydroxylation is 2. The Morgan fingerprint density at radius 2 is 2.05 bits per heavy atom. The number of hydrogen-bond acceptors (Lipinski definition) is 1. The van der Waals surface area contributed by atoms with Crippen LogP contribution >= 0.6 is 11.6 Å². The van der Waals surface area contributed by atoms with Crippen LogP contribution in [0.2, 0.25) is 5.02 Å². The second-order valence-electron chi connectivity index (χ2n) is 5.37. The first kappa shape index (κ1) is 14.7. The van der Waals surface area contributed by atoms with Crippen LogP contribution in [0.5, 0.6) is 0 Å². The zero-order valence-corrected chi connectivity index (χ0v) is 13.1. The van der Waals surface area contributed by atoms with Gasteiger partial charge in [0, 0.05) is 34.2 Å². The molecule has 0 radical (unpaired) electrons. The summed E-state index contributed by atoms with van der Waals surface area (Å²) in [6.07, 6.45) is 3.14. The SMILES string of the molecule is Cc1cc(Cl)ccc1NC(=O)CCc1c[nH]c2ccccc12. The maximum absolute atomic E-state index is 12.1. The van der Waals surface area contributed by atoms with E-state index in [2.05, 4.69) is 16.4 Å². The van der Waals surface area contributed by atoms with Crippen molar-refractivity contribution in [1.82, 2.24) is 4.98 Å². The lowest BCUT2D eigenvalue weighted by Crippen LogP contribution is -2.13. The quantitative estimate of drug-likeness (QED) is 0.720. The van der Waals surface area contributed by atoms with Crippen LogP contribution in [0.15, 0.2) is 48.7 Å². The number of benzene rings is 2. The number of nitrogens with one attached hydrogen (secondary N) is 2. The first-order chi connectivity index (χ1) is 10.6. The van der Waals surface area contributed by atoms with E-state index in [0.29, 0.717) is 17.9 Å². The highest BCUT2D eigenvalue weighted by Crippen LogP contribution is 2.21. The Labute approximate surface area is 134 Å². The van der Waals surface area contributed by atoms with Crippen molar-refractivity contribution in [3.63, 3.8) is 0 Å². The van der Waals surface area contributed by atoms with Gasteiger partial charge in [-0.2, -0.15) is 0 Å². The number of H-pyrrole nitrogens is 1. The Bertz CT molecular complexity index is 823. The number of amides is 1. The van der Waals surface area contributed by atoms with E-state index in [-0.39, 0.29) is 5.91 Å². The lowest BCUT2D eigenvalue weighted by atomic mass is 10.1. The number of rotatable bonds is 4. The van der Waals surface area contributed by atoms with Gasteiger partial charge in [0.05, 0.1) is 0 Å². The molecule has 0 fully saturated rings. The Morgan fingerprint density at radius 1 is 1.23 bits per heavy atom. The molecular formula is C18H17ClN2O. The number of aromatic amines is 1. The average molecular weight is 313 g/mol. The van der Waals surface area contributed by atoms with Crippen molar-refractivity contribution in [3.8, 4) is 0 Å². The van der Waals surface area contributed by atoms with E-state index in [1.54, 1.807) is 6.07 Å². The molecule has 4 heteroatoms. The van der Waals surface area contributed by atoms with E-state index in [0.717, 1.165) is 16.8 Å². The van der Waals surface area contributed by atoms with Gasteiger partial charge in [0.1, 0.15) is 0 Å². The van der Waals surface area contributed by atoms with E-state index in [9.17, 15) is 4.79 Å². The highest BCUT2D eigenvalue weighted by atomic mass is 35.5. The topological polar surface area (TPSA) is 44.9 Å². The summed E-state index contributed by atoms with van der Waals surface area (Å²) >= 11 is 5.92. The van der Waals surface area contributed by atoms with Gasteiger partial charge in [-0.15, -0.1) is 0 Å². The zero-order chi connectivity index (χ0) is 15.5. The summed E-state index contributed by atoms with van der Waals surface area (Å²) < 4.78 is 0. The first-order valence-corrected chi connectivity index (χ1v) is 7.62. The second kappa shape index (κ2) is 6.24. The van der Waals surface area contributed by atoms with Crippen molar-refractivity contribution >= 4 is 34.1 Å². The van der Waals surface area contributed by atoms with Crippen LogP contribution in [-0.4, -0.2) is 10.9 Å². The van der Waals surface area contributed by atoms with Crippen molar-refractivity contribution in [1.29, 1.82) is 0 Å². The van der Waals surface area contributed by atoms with E-state index >= 15 is 0 Å². The van der Waals surface area contributed by atoms with Crippen LogP contribution in [-0.2, 0) is 11.2 Å². The minimum Gasteiger partial charge on any atom is -0.361 e. The van der Waals surface area contributed by atoms with Crippen LogP contribution < -0.4 is 5.32 Å². The smallest absolute Gasteiger partial charge is 0.224 e. The molecule has 0 aliphatic rings. The molecule has 0 spiro atoms. The summed E-state index contributed by atoms with van der Waals surface area (Å²) in [5.41, 5.74) is 4.05. The number of fused-ring (bicyclic) bond motifs is 1. The van der Waals surface area contributed by atoms with E-state index in [1.807, 2.05) is 43.5 Å². The van der Waals surface area contributed by atoms with Gasteiger partial charge >= 0.3 is 0 Å². The van der Waals surface area contributed by atoms with Crippen LogP contribution in [0.4, 0.5) is 5.69 Å². The fourth-order valence-corrected chi connectivity index (χ4v) is 2.79. The number of carbonyl (C=O) groups is 1. The molecular weight excluding hydrogens is 296 g/mol. The van der Waals surface area contributed by atoms with Crippen LogP contribution in [0.3, 0.4) is 0 Å². The predicted molar refractivity (Wildman–Crippen MR) is 91.4 cm³/mol. The van der Waals surface area contributed by atoms with E-state index in [4.69, 9.17) is 11.6 Å². The van der Waals surface area contributed by atoms with Crippen molar-refractivity contribution in [3.05, 3.63) is 64.8 Å². The molecule has 3 aromatic rings. The molecule has 112 valence electrons. The number of hydrogen-bond donors (Lipinski definition) is 2. The van der Waals surface area contributed by atoms with Crippen LogP contribution in [0.1, 0.15) is 17.5 Å². The average Bonchev–Trinajstić information content (AvgIpc) is 2.91. The number of para-hydroxylation sites is 1. The minimum atomic E-state index is 0.00991. The molecule has 0 unspecified atom stereocenters. The molecule has 0 saturated carbocycles. The molecule has 1 heterocycles. The summed E-state index contributed by atoms with van der Waals surface area (Å²) in [5, 5.41) is 4.79. The van der Waals surface area contributed by atoms with Gasteiger partial charge in [0.2, 0.25) is 5.91 Å². The number of anilines is 1. The summed E-state index contributed by atoms with van der Waals surface area (Å²) in [6.45, 7) is 1.93. The Morgan fingerprint density at radius 3 is 2.86 bits per heavy atom. The third-order valence-corrected chi connectivity index (χ3v) is 3.99. The molecule has 3 rings (SSSR count). The molecule has 0 saturated heterocycles. The zero-order valence-electron chi connectivity index (χ0n) is 12.3. The highest BCUT2D eigenvalue weighted by molar-refractivity contribution is 6.30. The van der Waals surface area contributed by atoms with Crippen molar-refractivity contribution in [2.24, 2.45) is 0 Å². The van der Waals surface area contributed by atoms with Crippen LogP contribution in [0, 0.1) is 6.92 Å². The van der Waals surface area contributed by atoms with Crippen molar-refractivity contribution in [2.45, 2.75) is 19.8 Å². The number of carbonyl (C=O) groups excluding carboxylic acids is 1. The Hall–Kier alpha value is -2.26. The summed E-state index contributed by atoms with van der Waals surface area (Å²) in [7, 11) is 0. The van der Waals surface area contributed by atoms with Crippen LogP contribution in [0.25, 0.3) is 10.9 Å². The van der Waals surface area contributed by atoms with E-state index < -0.39 is 0 Å². The second-order valence-corrected chi connectivity index (χ2v) is 5.80. The van der Waals surface area contributed by atoms with Gasteiger partial charge in [-0.05, 0) is 48.7 Å². The molecule has 0 aliphatic carbocycles. The number of aromatic nitrogens is 1. The lowest BCUT2D eigenvalue weighted by molar-refractivity contribution is -0.116. The standard InChI is InChI=1S/C18H17ClN2O/c1-12-10-14(19)7-8-16(12)21-18(22)9-6-13-11-20-17-5-3-2-4-15(13)17/h2-5,7-8,10-11,20H,6,9H2,1H3,(H,21,22). The maximum atomic E-state index is 12.1. The number of halogens is 1. The normalized spacial score (nSPS) is 10.8. The predicted octanol–water partition coefficient (Wildman–Crippen LogP) is 4.70. The van der Waals surface area contributed by atoms with E-state index in [1.165, 1.54) is 10.9 Å². The van der Waals surface area contributed by atoms with Crippen molar-refractivity contribution < 1.29 is 4.79 Å². The first-order valence-electron chi connectivity index (χ1n) is 7.24.